The molecule has 2 aromatic carbocycles. The maximum absolute atomic E-state index is 5.49. The molecule has 0 spiro atoms. The summed E-state index contributed by atoms with van der Waals surface area (Å²) in [5.74, 6) is 0. The van der Waals surface area contributed by atoms with E-state index in [2.05, 4.69) is 64.5 Å². The van der Waals surface area contributed by atoms with Crippen LogP contribution >= 0.6 is 0 Å². The van der Waals surface area contributed by atoms with Crippen molar-refractivity contribution in [3.63, 3.8) is 0 Å². The third kappa shape index (κ3) is 2.56. The van der Waals surface area contributed by atoms with E-state index in [0.29, 0.717) is 12.8 Å². The molecule has 0 saturated heterocycles. The second-order valence-electron chi connectivity index (χ2n) is 6.17. The van der Waals surface area contributed by atoms with Gasteiger partial charge in [0, 0.05) is 18.2 Å². The standard InChI is InChI=1S/C20H22N2O/c1-23-14-22-19-10-6-5-9-16(19)17-11-12-21-18(20(17)22)13-15-7-3-2-4-8-15/h2-10,18,21H,11-14H2,1H3. The number of nitrogens with zero attached hydrogens (tertiary/aromatic N) is 1. The molecule has 1 unspecified atom stereocenters. The molecule has 3 nitrogen and oxygen atoms in total. The van der Waals surface area contributed by atoms with Crippen molar-refractivity contribution in [2.24, 2.45) is 0 Å². The number of hydrogen-bond donors (Lipinski definition) is 1. The van der Waals surface area contributed by atoms with E-state index in [-0.39, 0.29) is 0 Å². The quantitative estimate of drug-likeness (QED) is 0.796. The van der Waals surface area contributed by atoms with Crippen LogP contribution in [0.2, 0.25) is 0 Å². The molecule has 1 atom stereocenters. The highest BCUT2D eigenvalue weighted by Crippen LogP contribution is 2.34. The van der Waals surface area contributed by atoms with Crippen LogP contribution in [0.4, 0.5) is 0 Å². The van der Waals surface area contributed by atoms with E-state index in [9.17, 15) is 0 Å². The normalized spacial score (nSPS) is 17.3. The second-order valence-corrected chi connectivity index (χ2v) is 6.17. The van der Waals surface area contributed by atoms with Gasteiger partial charge in [0.05, 0.1) is 11.6 Å². The molecule has 0 radical (unpaired) electrons. The van der Waals surface area contributed by atoms with Crippen LogP contribution in [0.25, 0.3) is 10.9 Å². The third-order valence-corrected chi connectivity index (χ3v) is 4.76. The fraction of sp³-hybridized carbons (Fsp3) is 0.300. The van der Waals surface area contributed by atoms with Gasteiger partial charge in [-0.05, 0) is 36.6 Å². The van der Waals surface area contributed by atoms with Gasteiger partial charge in [-0.3, -0.25) is 0 Å². The molecule has 0 fully saturated rings. The fourth-order valence-corrected chi connectivity index (χ4v) is 3.81. The van der Waals surface area contributed by atoms with Gasteiger partial charge in [-0.2, -0.15) is 0 Å². The monoisotopic (exact) mass is 306 g/mol. The molecule has 3 aromatic rings. The average Bonchev–Trinajstić information content (AvgIpc) is 2.92. The highest BCUT2D eigenvalue weighted by Gasteiger charge is 2.27. The van der Waals surface area contributed by atoms with Crippen LogP contribution in [0, 0.1) is 0 Å². The molecule has 23 heavy (non-hydrogen) atoms. The Bertz CT molecular complexity index is 807. The Balaban J connectivity index is 1.82. The van der Waals surface area contributed by atoms with Gasteiger partial charge < -0.3 is 14.6 Å². The van der Waals surface area contributed by atoms with Crippen molar-refractivity contribution < 1.29 is 4.74 Å². The Morgan fingerprint density at radius 1 is 1.09 bits per heavy atom. The first-order valence-electron chi connectivity index (χ1n) is 8.24. The second kappa shape index (κ2) is 6.19. The zero-order chi connectivity index (χ0) is 15.6. The van der Waals surface area contributed by atoms with Gasteiger partial charge in [-0.1, -0.05) is 48.5 Å². The smallest absolute Gasteiger partial charge is 0.122 e. The van der Waals surface area contributed by atoms with Crippen molar-refractivity contribution in [2.75, 3.05) is 13.7 Å². The lowest BCUT2D eigenvalue weighted by Gasteiger charge is -2.27. The average molecular weight is 306 g/mol. The molecule has 1 aliphatic heterocycles. The Morgan fingerprint density at radius 2 is 1.87 bits per heavy atom. The van der Waals surface area contributed by atoms with Crippen LogP contribution in [0.3, 0.4) is 0 Å². The van der Waals surface area contributed by atoms with E-state index in [0.717, 1.165) is 19.4 Å². The minimum atomic E-state index is 0.337. The molecule has 0 bridgehead atoms. The van der Waals surface area contributed by atoms with Crippen molar-refractivity contribution >= 4 is 10.9 Å². The Kier molecular flexibility index (Phi) is 3.90. The summed E-state index contributed by atoms with van der Waals surface area (Å²) in [6.45, 7) is 1.63. The Labute approximate surface area is 136 Å². The molecular formula is C20H22N2O. The maximum atomic E-state index is 5.49. The van der Waals surface area contributed by atoms with Crippen molar-refractivity contribution in [3.05, 3.63) is 71.4 Å². The zero-order valence-corrected chi connectivity index (χ0v) is 13.5. The van der Waals surface area contributed by atoms with Gasteiger partial charge in [0.15, 0.2) is 0 Å². The summed E-state index contributed by atoms with van der Waals surface area (Å²) in [5.41, 5.74) is 5.52. The highest BCUT2D eigenvalue weighted by molar-refractivity contribution is 5.86. The van der Waals surface area contributed by atoms with Gasteiger partial charge in [0.2, 0.25) is 0 Å². The van der Waals surface area contributed by atoms with Crippen LogP contribution in [0.1, 0.15) is 22.9 Å². The maximum Gasteiger partial charge on any atom is 0.122 e. The number of ether oxygens (including phenoxy) is 1. The molecule has 0 aliphatic carbocycles. The molecule has 1 N–H and O–H groups in total. The summed E-state index contributed by atoms with van der Waals surface area (Å²) < 4.78 is 7.83. The minimum absolute atomic E-state index is 0.337. The first kappa shape index (κ1) is 14.5. The number of fused-ring (bicyclic) bond motifs is 3. The SMILES string of the molecule is COCn1c2c(c3ccccc31)CCNC2Cc1ccccc1. The topological polar surface area (TPSA) is 26.2 Å². The molecule has 0 saturated carbocycles. The molecule has 4 rings (SSSR count). The number of rotatable bonds is 4. The lowest BCUT2D eigenvalue weighted by atomic mass is 9.94. The Hall–Kier alpha value is -2.10. The first-order valence-corrected chi connectivity index (χ1v) is 8.24. The lowest BCUT2D eigenvalue weighted by Crippen LogP contribution is -2.32. The molecular weight excluding hydrogens is 284 g/mol. The molecule has 0 amide bonds. The Morgan fingerprint density at radius 3 is 2.70 bits per heavy atom. The predicted molar refractivity (Wildman–Crippen MR) is 93.5 cm³/mol. The van der Waals surface area contributed by atoms with E-state index < -0.39 is 0 Å². The van der Waals surface area contributed by atoms with Gasteiger partial charge in [0.1, 0.15) is 6.73 Å². The van der Waals surface area contributed by atoms with Crippen LogP contribution in [0.5, 0.6) is 0 Å². The van der Waals surface area contributed by atoms with Gasteiger partial charge in [-0.25, -0.2) is 0 Å². The summed E-state index contributed by atoms with van der Waals surface area (Å²) in [6, 6.07) is 19.7. The van der Waals surface area contributed by atoms with Crippen LogP contribution in [0.15, 0.2) is 54.6 Å². The molecule has 118 valence electrons. The van der Waals surface area contributed by atoms with E-state index in [1.54, 1.807) is 7.11 Å². The van der Waals surface area contributed by atoms with Crippen molar-refractivity contribution in [1.82, 2.24) is 9.88 Å². The van der Waals surface area contributed by atoms with Crippen LogP contribution < -0.4 is 5.32 Å². The van der Waals surface area contributed by atoms with Crippen LogP contribution in [-0.4, -0.2) is 18.2 Å². The molecule has 3 heteroatoms. The number of para-hydroxylation sites is 1. The molecule has 2 heterocycles. The fourth-order valence-electron chi connectivity index (χ4n) is 3.81. The number of aromatic nitrogens is 1. The summed E-state index contributed by atoms with van der Waals surface area (Å²) in [7, 11) is 1.77. The third-order valence-electron chi connectivity index (χ3n) is 4.76. The predicted octanol–water partition coefficient (Wildman–Crippen LogP) is 3.67. The van der Waals surface area contributed by atoms with E-state index in [1.807, 2.05) is 0 Å². The minimum Gasteiger partial charge on any atom is -0.364 e. The van der Waals surface area contributed by atoms with Gasteiger partial charge in [-0.15, -0.1) is 0 Å². The first-order chi connectivity index (χ1) is 11.4. The summed E-state index contributed by atoms with van der Waals surface area (Å²) in [4.78, 5) is 0. The number of benzene rings is 2. The molecule has 1 aliphatic rings. The van der Waals surface area contributed by atoms with Crippen LogP contribution in [-0.2, 0) is 24.3 Å². The zero-order valence-electron chi connectivity index (χ0n) is 13.5. The van der Waals surface area contributed by atoms with Crippen molar-refractivity contribution in [3.8, 4) is 0 Å². The number of hydrogen-bond acceptors (Lipinski definition) is 2. The summed E-state index contributed by atoms with van der Waals surface area (Å²) in [6.07, 6.45) is 2.09. The number of methoxy groups -OCH3 is 1. The lowest BCUT2D eigenvalue weighted by molar-refractivity contribution is 0.130. The largest absolute Gasteiger partial charge is 0.364 e. The van der Waals surface area contributed by atoms with Crippen molar-refractivity contribution in [1.29, 1.82) is 0 Å². The van der Waals surface area contributed by atoms with Crippen molar-refractivity contribution in [2.45, 2.75) is 25.6 Å². The van der Waals surface area contributed by atoms with E-state index >= 15 is 0 Å². The number of nitrogens with one attached hydrogen (secondary N) is 1. The van der Waals surface area contributed by atoms with Gasteiger partial charge in [0.25, 0.3) is 0 Å². The van der Waals surface area contributed by atoms with Gasteiger partial charge >= 0.3 is 0 Å². The molecule has 1 aromatic heterocycles. The summed E-state index contributed by atoms with van der Waals surface area (Å²) >= 11 is 0. The summed E-state index contributed by atoms with van der Waals surface area (Å²) in [5, 5.41) is 5.08. The van der Waals surface area contributed by atoms with E-state index in [4.69, 9.17) is 4.74 Å². The highest BCUT2D eigenvalue weighted by atomic mass is 16.5. The van der Waals surface area contributed by atoms with E-state index in [1.165, 1.54) is 27.7 Å².